The van der Waals surface area contributed by atoms with Crippen molar-refractivity contribution in [2.75, 3.05) is 18.5 Å². The third-order valence-electron chi connectivity index (χ3n) is 2.98. The minimum atomic E-state index is -0.125. The van der Waals surface area contributed by atoms with Gasteiger partial charge in [0, 0.05) is 18.3 Å². The molecule has 0 aliphatic carbocycles. The van der Waals surface area contributed by atoms with Gasteiger partial charge in [-0.2, -0.15) is 0 Å². The van der Waals surface area contributed by atoms with E-state index in [1.165, 1.54) is 0 Å². The summed E-state index contributed by atoms with van der Waals surface area (Å²) in [5.41, 5.74) is 6.39. The summed E-state index contributed by atoms with van der Waals surface area (Å²) in [6.07, 6.45) is 1.76. The predicted octanol–water partition coefficient (Wildman–Crippen LogP) is 3.03. The molecule has 0 radical (unpaired) electrons. The molecule has 0 saturated heterocycles. The van der Waals surface area contributed by atoms with Crippen LogP contribution in [0.15, 0.2) is 24.3 Å². The van der Waals surface area contributed by atoms with Crippen LogP contribution in [0.4, 0.5) is 5.69 Å². The Morgan fingerprint density at radius 2 is 2.15 bits per heavy atom. The van der Waals surface area contributed by atoms with Crippen molar-refractivity contribution >= 4 is 11.6 Å². The van der Waals surface area contributed by atoms with Gasteiger partial charge < -0.3 is 15.8 Å². The maximum Gasteiger partial charge on any atom is 0.228 e. The first kappa shape index (κ1) is 16.5. The van der Waals surface area contributed by atoms with Gasteiger partial charge in [0.1, 0.15) is 5.75 Å². The summed E-state index contributed by atoms with van der Waals surface area (Å²) in [6.45, 7) is 7.29. The van der Waals surface area contributed by atoms with Crippen molar-refractivity contribution in [1.29, 1.82) is 0 Å². The highest BCUT2D eigenvalue weighted by Crippen LogP contribution is 2.19. The molecule has 0 fully saturated rings. The number of benzene rings is 1. The lowest BCUT2D eigenvalue weighted by Crippen LogP contribution is -2.29. The summed E-state index contributed by atoms with van der Waals surface area (Å²) in [7, 11) is 0. The molecule has 112 valence electrons. The fourth-order valence-corrected chi connectivity index (χ4v) is 1.88. The van der Waals surface area contributed by atoms with Crippen molar-refractivity contribution < 1.29 is 9.53 Å². The molecular formula is C16H26N2O2. The maximum absolute atomic E-state index is 12.1. The lowest BCUT2D eigenvalue weighted by atomic mass is 10.0. The zero-order chi connectivity index (χ0) is 15.0. The second-order valence-corrected chi connectivity index (χ2v) is 5.44. The van der Waals surface area contributed by atoms with Crippen molar-refractivity contribution in [1.82, 2.24) is 0 Å². The molecule has 1 amide bonds. The molecule has 1 aromatic carbocycles. The third kappa shape index (κ3) is 5.61. The van der Waals surface area contributed by atoms with Crippen molar-refractivity contribution in [3.63, 3.8) is 0 Å². The monoisotopic (exact) mass is 278 g/mol. The Bertz CT molecular complexity index is 419. The van der Waals surface area contributed by atoms with Crippen LogP contribution < -0.4 is 15.8 Å². The van der Waals surface area contributed by atoms with Crippen molar-refractivity contribution in [3.8, 4) is 5.75 Å². The molecule has 4 nitrogen and oxygen atoms in total. The van der Waals surface area contributed by atoms with E-state index in [-0.39, 0.29) is 11.8 Å². The van der Waals surface area contributed by atoms with Gasteiger partial charge in [-0.3, -0.25) is 4.79 Å². The van der Waals surface area contributed by atoms with Crippen LogP contribution >= 0.6 is 0 Å². The first-order valence-electron chi connectivity index (χ1n) is 7.30. The summed E-state index contributed by atoms with van der Waals surface area (Å²) < 4.78 is 5.65. The Morgan fingerprint density at radius 1 is 1.40 bits per heavy atom. The number of nitrogens with one attached hydrogen (secondary N) is 1. The van der Waals surface area contributed by atoms with E-state index < -0.39 is 0 Å². The Labute approximate surface area is 121 Å². The SMILES string of the molecule is CCCC(CN)C(=O)Nc1cccc(OCC(C)C)c1. The molecular weight excluding hydrogens is 252 g/mol. The molecule has 1 atom stereocenters. The molecule has 0 bridgehead atoms. The zero-order valence-corrected chi connectivity index (χ0v) is 12.7. The van der Waals surface area contributed by atoms with Crippen molar-refractivity contribution in [3.05, 3.63) is 24.3 Å². The van der Waals surface area contributed by atoms with Gasteiger partial charge in [0.05, 0.1) is 12.5 Å². The predicted molar refractivity (Wildman–Crippen MR) is 82.9 cm³/mol. The van der Waals surface area contributed by atoms with Gasteiger partial charge >= 0.3 is 0 Å². The van der Waals surface area contributed by atoms with Crippen LogP contribution in [0.1, 0.15) is 33.6 Å². The number of anilines is 1. The largest absolute Gasteiger partial charge is 0.493 e. The van der Waals surface area contributed by atoms with E-state index in [0.29, 0.717) is 19.1 Å². The van der Waals surface area contributed by atoms with Crippen LogP contribution in [-0.4, -0.2) is 19.1 Å². The molecule has 3 N–H and O–H groups in total. The molecule has 0 aliphatic heterocycles. The summed E-state index contributed by atoms with van der Waals surface area (Å²) in [5, 5.41) is 2.91. The summed E-state index contributed by atoms with van der Waals surface area (Å²) in [5.74, 6) is 1.10. The van der Waals surface area contributed by atoms with E-state index in [4.69, 9.17) is 10.5 Å². The van der Waals surface area contributed by atoms with E-state index in [2.05, 4.69) is 26.1 Å². The minimum absolute atomic E-state index is 0.0182. The molecule has 0 spiro atoms. The van der Waals surface area contributed by atoms with Gasteiger partial charge in [0.2, 0.25) is 5.91 Å². The molecule has 20 heavy (non-hydrogen) atoms. The maximum atomic E-state index is 12.1. The van der Waals surface area contributed by atoms with Crippen molar-refractivity contribution in [2.24, 2.45) is 17.6 Å². The number of carbonyl (C=O) groups excluding carboxylic acids is 1. The quantitative estimate of drug-likeness (QED) is 0.768. The fraction of sp³-hybridized carbons (Fsp3) is 0.562. The number of carbonyl (C=O) groups is 1. The second-order valence-electron chi connectivity index (χ2n) is 5.44. The lowest BCUT2D eigenvalue weighted by molar-refractivity contribution is -0.119. The highest BCUT2D eigenvalue weighted by molar-refractivity contribution is 5.92. The van der Waals surface area contributed by atoms with Crippen LogP contribution in [-0.2, 0) is 4.79 Å². The Kier molecular flexibility index (Phi) is 7.09. The molecule has 0 aliphatic rings. The number of hydrogen-bond acceptors (Lipinski definition) is 3. The van der Waals surface area contributed by atoms with E-state index in [1.807, 2.05) is 24.3 Å². The van der Waals surface area contributed by atoms with Crippen LogP contribution in [0.25, 0.3) is 0 Å². The van der Waals surface area contributed by atoms with Gasteiger partial charge in [-0.1, -0.05) is 33.3 Å². The normalized spacial score (nSPS) is 12.2. The van der Waals surface area contributed by atoms with Gasteiger partial charge in [-0.05, 0) is 24.5 Å². The fourth-order valence-electron chi connectivity index (χ4n) is 1.88. The van der Waals surface area contributed by atoms with Crippen LogP contribution in [0.2, 0.25) is 0 Å². The highest BCUT2D eigenvalue weighted by Gasteiger charge is 2.15. The van der Waals surface area contributed by atoms with E-state index >= 15 is 0 Å². The molecule has 0 saturated carbocycles. The Morgan fingerprint density at radius 3 is 2.75 bits per heavy atom. The van der Waals surface area contributed by atoms with E-state index in [9.17, 15) is 4.79 Å². The average Bonchev–Trinajstić information content (AvgIpc) is 2.42. The molecule has 0 aromatic heterocycles. The van der Waals surface area contributed by atoms with Gasteiger partial charge in [-0.25, -0.2) is 0 Å². The summed E-state index contributed by atoms with van der Waals surface area (Å²) in [6, 6.07) is 7.48. The third-order valence-corrected chi connectivity index (χ3v) is 2.98. The number of hydrogen-bond donors (Lipinski definition) is 2. The average molecular weight is 278 g/mol. The number of nitrogens with two attached hydrogens (primary N) is 1. The summed E-state index contributed by atoms with van der Waals surface area (Å²) >= 11 is 0. The van der Waals surface area contributed by atoms with Gasteiger partial charge in [0.15, 0.2) is 0 Å². The molecule has 1 rings (SSSR count). The second kappa shape index (κ2) is 8.59. The molecule has 1 unspecified atom stereocenters. The van der Waals surface area contributed by atoms with Crippen molar-refractivity contribution in [2.45, 2.75) is 33.6 Å². The molecule has 1 aromatic rings. The molecule has 0 heterocycles. The van der Waals surface area contributed by atoms with Crippen LogP contribution in [0, 0.1) is 11.8 Å². The Balaban J connectivity index is 2.63. The summed E-state index contributed by atoms with van der Waals surface area (Å²) in [4.78, 5) is 12.1. The molecule has 4 heteroatoms. The number of ether oxygens (including phenoxy) is 1. The topological polar surface area (TPSA) is 64.4 Å². The van der Waals surface area contributed by atoms with Crippen LogP contribution in [0.3, 0.4) is 0 Å². The van der Waals surface area contributed by atoms with E-state index in [1.54, 1.807) is 0 Å². The Hall–Kier alpha value is -1.55. The first-order valence-corrected chi connectivity index (χ1v) is 7.30. The highest BCUT2D eigenvalue weighted by atomic mass is 16.5. The first-order chi connectivity index (χ1) is 9.56. The minimum Gasteiger partial charge on any atom is -0.493 e. The van der Waals surface area contributed by atoms with E-state index in [0.717, 1.165) is 24.3 Å². The van der Waals surface area contributed by atoms with Gasteiger partial charge in [0.25, 0.3) is 0 Å². The lowest BCUT2D eigenvalue weighted by Gasteiger charge is -2.15. The number of rotatable bonds is 8. The van der Waals surface area contributed by atoms with Crippen LogP contribution in [0.5, 0.6) is 5.75 Å². The number of amides is 1. The standard InChI is InChI=1S/C16H26N2O2/c1-4-6-13(10-17)16(19)18-14-7-5-8-15(9-14)20-11-12(2)3/h5,7-9,12-13H,4,6,10-11,17H2,1-3H3,(H,18,19). The van der Waals surface area contributed by atoms with Gasteiger partial charge in [-0.15, -0.1) is 0 Å². The zero-order valence-electron chi connectivity index (χ0n) is 12.7. The smallest absolute Gasteiger partial charge is 0.228 e.